The Kier molecular flexibility index (Phi) is 4.89. The summed E-state index contributed by atoms with van der Waals surface area (Å²) in [5, 5.41) is 6.57. The second kappa shape index (κ2) is 7.09. The van der Waals surface area contributed by atoms with Crippen molar-refractivity contribution >= 4 is 17.8 Å². The van der Waals surface area contributed by atoms with Crippen molar-refractivity contribution in [3.63, 3.8) is 0 Å². The zero-order valence-electron chi connectivity index (χ0n) is 11.2. The van der Waals surface area contributed by atoms with Gasteiger partial charge in [0.25, 0.3) is 5.91 Å². The van der Waals surface area contributed by atoms with E-state index in [4.69, 9.17) is 4.84 Å². The zero-order valence-corrected chi connectivity index (χ0v) is 11.2. The van der Waals surface area contributed by atoms with Crippen molar-refractivity contribution < 1.29 is 9.63 Å². The number of rotatable bonds is 5. The summed E-state index contributed by atoms with van der Waals surface area (Å²) in [7, 11) is 0. The molecule has 2 rings (SSSR count). The first-order valence-electron chi connectivity index (χ1n) is 6.36. The number of benzene rings is 2. The summed E-state index contributed by atoms with van der Waals surface area (Å²) in [6, 6.07) is 18.8. The number of nitrogens with zero attached hydrogens (tertiary/aromatic N) is 1. The molecule has 0 aliphatic heterocycles. The van der Waals surface area contributed by atoms with Gasteiger partial charge in [0.1, 0.15) is 0 Å². The minimum atomic E-state index is -0.657. The fraction of sp³-hybridized carbons (Fsp3) is 0.125. The molecule has 0 aliphatic rings. The number of anilines is 1. The van der Waals surface area contributed by atoms with Gasteiger partial charge < -0.3 is 10.2 Å². The van der Waals surface area contributed by atoms with E-state index < -0.39 is 6.10 Å². The fourth-order valence-corrected chi connectivity index (χ4v) is 1.53. The van der Waals surface area contributed by atoms with Crippen LogP contribution in [0.15, 0.2) is 65.8 Å². The highest BCUT2D eigenvalue weighted by molar-refractivity contribution is 5.93. The Hall–Kier alpha value is -2.62. The number of nitrogens with one attached hydrogen (secondary N) is 1. The smallest absolute Gasteiger partial charge is 0.267 e. The molecule has 0 saturated heterocycles. The molecule has 1 unspecified atom stereocenters. The lowest BCUT2D eigenvalue weighted by Crippen LogP contribution is -2.26. The Bertz CT molecular complexity index is 568. The van der Waals surface area contributed by atoms with Crippen molar-refractivity contribution in [1.82, 2.24) is 0 Å². The highest BCUT2D eigenvalue weighted by atomic mass is 16.6. The maximum absolute atomic E-state index is 11.8. The number of carbonyl (C=O) groups is 1. The monoisotopic (exact) mass is 268 g/mol. The van der Waals surface area contributed by atoms with E-state index in [9.17, 15) is 4.79 Å². The predicted octanol–water partition coefficient (Wildman–Crippen LogP) is 3.06. The molecule has 0 radical (unpaired) electrons. The van der Waals surface area contributed by atoms with Crippen LogP contribution in [0, 0.1) is 0 Å². The first-order chi connectivity index (χ1) is 9.75. The maximum atomic E-state index is 11.8. The highest BCUT2D eigenvalue weighted by Crippen LogP contribution is 2.06. The van der Waals surface area contributed by atoms with Gasteiger partial charge in [-0.15, -0.1) is 0 Å². The van der Waals surface area contributed by atoms with E-state index in [0.717, 1.165) is 11.3 Å². The third kappa shape index (κ3) is 4.24. The van der Waals surface area contributed by atoms with Crippen molar-refractivity contribution in [3.05, 3.63) is 66.2 Å². The Balaban J connectivity index is 1.84. The van der Waals surface area contributed by atoms with Crippen molar-refractivity contribution in [2.45, 2.75) is 13.0 Å². The Morgan fingerprint density at radius 2 is 1.70 bits per heavy atom. The van der Waals surface area contributed by atoms with Gasteiger partial charge in [-0.1, -0.05) is 53.7 Å². The van der Waals surface area contributed by atoms with E-state index in [2.05, 4.69) is 10.5 Å². The SMILES string of the molecule is CC(O/N=C/c1ccccc1)C(=O)Nc1ccccc1. The lowest BCUT2D eigenvalue weighted by atomic mass is 10.2. The maximum Gasteiger partial charge on any atom is 0.267 e. The van der Waals surface area contributed by atoms with Crippen molar-refractivity contribution in [2.24, 2.45) is 5.16 Å². The molecule has 4 nitrogen and oxygen atoms in total. The van der Waals surface area contributed by atoms with Crippen LogP contribution in [0.25, 0.3) is 0 Å². The molecule has 0 aliphatic carbocycles. The third-order valence-electron chi connectivity index (χ3n) is 2.63. The molecule has 4 heteroatoms. The average molecular weight is 268 g/mol. The largest absolute Gasteiger partial charge is 0.383 e. The number of para-hydroxylation sites is 1. The highest BCUT2D eigenvalue weighted by Gasteiger charge is 2.13. The number of amides is 1. The van der Waals surface area contributed by atoms with Crippen LogP contribution in [0.1, 0.15) is 12.5 Å². The Labute approximate surface area is 118 Å². The molecular formula is C16H16N2O2. The molecule has 2 aromatic carbocycles. The normalized spacial score (nSPS) is 12.1. The van der Waals surface area contributed by atoms with Crippen molar-refractivity contribution in [3.8, 4) is 0 Å². The van der Waals surface area contributed by atoms with Gasteiger partial charge in [0.05, 0.1) is 6.21 Å². The first-order valence-corrected chi connectivity index (χ1v) is 6.36. The molecule has 1 amide bonds. The Morgan fingerprint density at radius 1 is 1.10 bits per heavy atom. The summed E-state index contributed by atoms with van der Waals surface area (Å²) < 4.78 is 0. The molecule has 0 heterocycles. The minimum Gasteiger partial charge on any atom is -0.383 e. The summed E-state index contributed by atoms with van der Waals surface area (Å²) in [5.74, 6) is -0.235. The molecule has 0 saturated carbocycles. The molecule has 102 valence electrons. The summed E-state index contributed by atoms with van der Waals surface area (Å²) in [5.41, 5.74) is 1.66. The first kappa shape index (κ1) is 13.8. The van der Waals surface area contributed by atoms with Crippen LogP contribution in [-0.2, 0) is 9.63 Å². The quantitative estimate of drug-likeness (QED) is 0.669. The number of carbonyl (C=O) groups excluding carboxylic acids is 1. The van der Waals surface area contributed by atoms with Gasteiger partial charge in [-0.2, -0.15) is 0 Å². The second-order valence-electron chi connectivity index (χ2n) is 4.25. The van der Waals surface area contributed by atoms with E-state index in [1.165, 1.54) is 0 Å². The fourth-order valence-electron chi connectivity index (χ4n) is 1.53. The van der Waals surface area contributed by atoms with Crippen LogP contribution in [0.2, 0.25) is 0 Å². The van der Waals surface area contributed by atoms with Gasteiger partial charge in [0.15, 0.2) is 0 Å². The van der Waals surface area contributed by atoms with Gasteiger partial charge in [-0.05, 0) is 24.6 Å². The molecule has 1 N–H and O–H groups in total. The van der Waals surface area contributed by atoms with Crippen LogP contribution < -0.4 is 5.32 Å². The van der Waals surface area contributed by atoms with Gasteiger partial charge in [-0.3, -0.25) is 4.79 Å². The zero-order chi connectivity index (χ0) is 14.2. The van der Waals surface area contributed by atoms with E-state index >= 15 is 0 Å². The van der Waals surface area contributed by atoms with E-state index in [1.54, 1.807) is 13.1 Å². The molecule has 0 spiro atoms. The van der Waals surface area contributed by atoms with Crippen molar-refractivity contribution in [2.75, 3.05) is 5.32 Å². The van der Waals surface area contributed by atoms with Crippen LogP contribution in [0.5, 0.6) is 0 Å². The van der Waals surface area contributed by atoms with E-state index in [0.29, 0.717) is 0 Å². The van der Waals surface area contributed by atoms with Gasteiger partial charge >= 0.3 is 0 Å². The van der Waals surface area contributed by atoms with Crippen LogP contribution >= 0.6 is 0 Å². The number of hydrogen-bond acceptors (Lipinski definition) is 3. The molecule has 0 aromatic heterocycles. The molecule has 1 atom stereocenters. The molecule has 2 aromatic rings. The lowest BCUT2D eigenvalue weighted by Gasteiger charge is -2.10. The predicted molar refractivity (Wildman–Crippen MR) is 79.7 cm³/mol. The second-order valence-corrected chi connectivity index (χ2v) is 4.25. The van der Waals surface area contributed by atoms with E-state index in [-0.39, 0.29) is 5.91 Å². The van der Waals surface area contributed by atoms with Crippen LogP contribution in [0.3, 0.4) is 0 Å². The summed E-state index contributed by atoms with van der Waals surface area (Å²) in [4.78, 5) is 17.0. The van der Waals surface area contributed by atoms with Crippen LogP contribution in [0.4, 0.5) is 5.69 Å². The van der Waals surface area contributed by atoms with Gasteiger partial charge in [-0.25, -0.2) is 0 Å². The summed E-state index contributed by atoms with van der Waals surface area (Å²) in [6.07, 6.45) is 0.918. The average Bonchev–Trinajstić information content (AvgIpc) is 2.49. The third-order valence-corrected chi connectivity index (χ3v) is 2.63. The topological polar surface area (TPSA) is 50.7 Å². The summed E-state index contributed by atoms with van der Waals surface area (Å²) in [6.45, 7) is 1.65. The van der Waals surface area contributed by atoms with Gasteiger partial charge in [0.2, 0.25) is 6.10 Å². The molecule has 0 bridgehead atoms. The molecular weight excluding hydrogens is 252 g/mol. The number of hydrogen-bond donors (Lipinski definition) is 1. The lowest BCUT2D eigenvalue weighted by molar-refractivity contribution is -0.126. The number of oxime groups is 1. The molecule has 0 fully saturated rings. The minimum absolute atomic E-state index is 0.235. The summed E-state index contributed by atoms with van der Waals surface area (Å²) >= 11 is 0. The van der Waals surface area contributed by atoms with Crippen LogP contribution in [-0.4, -0.2) is 18.2 Å². The van der Waals surface area contributed by atoms with Crippen molar-refractivity contribution in [1.29, 1.82) is 0 Å². The standard InChI is InChI=1S/C16H16N2O2/c1-13(16(19)18-15-10-6-3-7-11-15)20-17-12-14-8-4-2-5-9-14/h2-13H,1H3,(H,18,19)/b17-12+. The van der Waals surface area contributed by atoms with E-state index in [1.807, 2.05) is 60.7 Å². The molecule has 20 heavy (non-hydrogen) atoms. The Morgan fingerprint density at radius 3 is 2.35 bits per heavy atom. The van der Waals surface area contributed by atoms with Gasteiger partial charge in [0, 0.05) is 5.69 Å².